The Morgan fingerprint density at radius 2 is 2.10 bits per heavy atom. The van der Waals surface area contributed by atoms with Gasteiger partial charge in [-0.1, -0.05) is 6.92 Å². The van der Waals surface area contributed by atoms with Crippen molar-refractivity contribution in [3.05, 3.63) is 24.3 Å². The highest BCUT2D eigenvalue weighted by Gasteiger charge is 2.29. The van der Waals surface area contributed by atoms with Gasteiger partial charge in [-0.05, 0) is 31.9 Å². The van der Waals surface area contributed by atoms with Crippen LogP contribution in [0, 0.1) is 5.82 Å². The molecule has 5 nitrogen and oxygen atoms in total. The molecule has 7 heteroatoms. The van der Waals surface area contributed by atoms with Crippen molar-refractivity contribution in [2.45, 2.75) is 37.1 Å². The van der Waals surface area contributed by atoms with E-state index in [1.807, 2.05) is 0 Å². The molecule has 1 fully saturated rings. The fourth-order valence-electron chi connectivity index (χ4n) is 2.33. The molecule has 0 unspecified atom stereocenters. The standard InChI is InChI=1S/C13H20FN3O2S/c1-2-5-16-12-3-6-17(7-4-12)20(18,19)13-8-11(14)9-15-10-13/h8-10,12,16H,2-7H2,1H3. The number of nitrogens with zero attached hydrogens (tertiary/aromatic N) is 2. The Morgan fingerprint density at radius 3 is 2.70 bits per heavy atom. The Kier molecular flexibility index (Phi) is 5.06. The minimum Gasteiger partial charge on any atom is -0.314 e. The molecule has 0 bridgehead atoms. The van der Waals surface area contributed by atoms with Crippen LogP contribution >= 0.6 is 0 Å². The third-order valence-corrected chi connectivity index (χ3v) is 5.32. The summed E-state index contributed by atoms with van der Waals surface area (Å²) in [6.07, 6.45) is 4.82. The van der Waals surface area contributed by atoms with Gasteiger partial charge >= 0.3 is 0 Å². The summed E-state index contributed by atoms with van der Waals surface area (Å²) in [5, 5.41) is 3.40. The first-order valence-electron chi connectivity index (χ1n) is 6.88. The first-order chi connectivity index (χ1) is 9.54. The minimum atomic E-state index is -3.63. The van der Waals surface area contributed by atoms with Crippen LogP contribution in [0.5, 0.6) is 0 Å². The maximum absolute atomic E-state index is 13.1. The van der Waals surface area contributed by atoms with E-state index in [1.54, 1.807) is 0 Å². The van der Waals surface area contributed by atoms with Gasteiger partial charge in [0.15, 0.2) is 0 Å². The fourth-order valence-corrected chi connectivity index (χ4v) is 3.78. The Morgan fingerprint density at radius 1 is 1.40 bits per heavy atom. The van der Waals surface area contributed by atoms with Crippen LogP contribution < -0.4 is 5.32 Å². The molecule has 1 aromatic heterocycles. The zero-order valence-electron chi connectivity index (χ0n) is 11.5. The lowest BCUT2D eigenvalue weighted by atomic mass is 10.1. The summed E-state index contributed by atoms with van der Waals surface area (Å²) < 4.78 is 39.2. The molecule has 20 heavy (non-hydrogen) atoms. The smallest absolute Gasteiger partial charge is 0.244 e. The van der Waals surface area contributed by atoms with Crippen LogP contribution in [0.15, 0.2) is 23.4 Å². The molecule has 0 radical (unpaired) electrons. The van der Waals surface area contributed by atoms with Crippen LogP contribution in [0.1, 0.15) is 26.2 Å². The first-order valence-corrected chi connectivity index (χ1v) is 8.32. The maximum atomic E-state index is 13.1. The molecule has 0 aliphatic carbocycles. The van der Waals surface area contributed by atoms with Crippen molar-refractivity contribution in [1.29, 1.82) is 0 Å². The first kappa shape index (κ1) is 15.3. The van der Waals surface area contributed by atoms with Crippen LogP contribution in [0.25, 0.3) is 0 Å². The Balaban J connectivity index is 2.02. The Hall–Kier alpha value is -1.05. The summed E-state index contributed by atoms with van der Waals surface area (Å²) >= 11 is 0. The van der Waals surface area contributed by atoms with Crippen molar-refractivity contribution >= 4 is 10.0 Å². The zero-order chi connectivity index (χ0) is 14.6. The fraction of sp³-hybridized carbons (Fsp3) is 0.615. The van der Waals surface area contributed by atoms with Crippen LogP contribution in [-0.2, 0) is 10.0 Å². The van der Waals surface area contributed by atoms with Crippen molar-refractivity contribution in [3.8, 4) is 0 Å². The second-order valence-electron chi connectivity index (χ2n) is 4.97. The number of rotatable bonds is 5. The van der Waals surface area contributed by atoms with Crippen LogP contribution in [0.3, 0.4) is 0 Å². The molecule has 1 aliphatic heterocycles. The van der Waals surface area contributed by atoms with Gasteiger partial charge in [-0.2, -0.15) is 4.31 Å². The van der Waals surface area contributed by atoms with Gasteiger partial charge in [0.2, 0.25) is 10.0 Å². The molecule has 0 atom stereocenters. The molecule has 2 heterocycles. The van der Waals surface area contributed by atoms with Crippen molar-refractivity contribution in [2.75, 3.05) is 19.6 Å². The summed E-state index contributed by atoms with van der Waals surface area (Å²) in [5.41, 5.74) is 0. The minimum absolute atomic E-state index is 0.0718. The summed E-state index contributed by atoms with van der Waals surface area (Å²) in [7, 11) is -3.63. The van der Waals surface area contributed by atoms with E-state index in [0.29, 0.717) is 19.1 Å². The third-order valence-electron chi connectivity index (χ3n) is 3.45. The van der Waals surface area contributed by atoms with Gasteiger partial charge in [-0.25, -0.2) is 12.8 Å². The van der Waals surface area contributed by atoms with Crippen molar-refractivity contribution in [3.63, 3.8) is 0 Å². The lowest BCUT2D eigenvalue weighted by Gasteiger charge is -2.31. The quantitative estimate of drug-likeness (QED) is 0.892. The van der Waals surface area contributed by atoms with Gasteiger partial charge in [0.05, 0.1) is 6.20 Å². The average Bonchev–Trinajstić information content (AvgIpc) is 2.45. The van der Waals surface area contributed by atoms with Gasteiger partial charge in [-0.15, -0.1) is 0 Å². The Bertz CT molecular complexity index is 542. The number of hydrogen-bond donors (Lipinski definition) is 1. The summed E-state index contributed by atoms with van der Waals surface area (Å²) in [4.78, 5) is 3.54. The predicted octanol–water partition coefficient (Wildman–Crippen LogP) is 1.37. The highest BCUT2D eigenvalue weighted by Crippen LogP contribution is 2.20. The van der Waals surface area contributed by atoms with Gasteiger partial charge in [0, 0.05) is 25.3 Å². The van der Waals surface area contributed by atoms with Gasteiger partial charge < -0.3 is 5.32 Å². The third kappa shape index (κ3) is 3.53. The molecule has 0 amide bonds. The molecular weight excluding hydrogens is 281 g/mol. The lowest BCUT2D eigenvalue weighted by molar-refractivity contribution is 0.290. The van der Waals surface area contributed by atoms with Crippen LogP contribution in [-0.4, -0.2) is 43.4 Å². The molecule has 1 N–H and O–H groups in total. The number of sulfonamides is 1. The number of halogens is 1. The topological polar surface area (TPSA) is 62.3 Å². The predicted molar refractivity (Wildman–Crippen MR) is 74.3 cm³/mol. The molecule has 1 saturated heterocycles. The molecule has 0 aromatic carbocycles. The van der Waals surface area contributed by atoms with E-state index in [-0.39, 0.29) is 4.90 Å². The number of nitrogens with one attached hydrogen (secondary N) is 1. The molecule has 1 aliphatic rings. The largest absolute Gasteiger partial charge is 0.314 e. The highest BCUT2D eigenvalue weighted by molar-refractivity contribution is 7.89. The summed E-state index contributed by atoms with van der Waals surface area (Å²) in [6, 6.07) is 1.39. The van der Waals surface area contributed by atoms with Crippen LogP contribution in [0.4, 0.5) is 4.39 Å². The average molecular weight is 301 g/mol. The number of pyridine rings is 1. The van der Waals surface area contributed by atoms with Gasteiger partial charge in [0.1, 0.15) is 10.7 Å². The number of hydrogen-bond acceptors (Lipinski definition) is 4. The van der Waals surface area contributed by atoms with Crippen molar-refractivity contribution in [2.24, 2.45) is 0 Å². The number of aromatic nitrogens is 1. The zero-order valence-corrected chi connectivity index (χ0v) is 12.4. The number of piperidine rings is 1. The second-order valence-corrected chi connectivity index (χ2v) is 6.91. The van der Waals surface area contributed by atoms with E-state index >= 15 is 0 Å². The van der Waals surface area contributed by atoms with E-state index in [1.165, 1.54) is 10.5 Å². The SMILES string of the molecule is CCCNC1CCN(S(=O)(=O)c2cncc(F)c2)CC1. The molecule has 0 spiro atoms. The molecule has 112 valence electrons. The van der Waals surface area contributed by atoms with E-state index in [4.69, 9.17) is 0 Å². The molecular formula is C13H20FN3O2S. The monoisotopic (exact) mass is 301 g/mol. The van der Waals surface area contributed by atoms with Crippen molar-refractivity contribution in [1.82, 2.24) is 14.6 Å². The molecule has 1 aromatic rings. The molecule has 0 saturated carbocycles. The lowest BCUT2D eigenvalue weighted by Crippen LogP contribution is -2.45. The van der Waals surface area contributed by atoms with E-state index < -0.39 is 15.8 Å². The molecule has 2 rings (SSSR count). The van der Waals surface area contributed by atoms with Crippen LogP contribution in [0.2, 0.25) is 0 Å². The maximum Gasteiger partial charge on any atom is 0.244 e. The van der Waals surface area contributed by atoms with Gasteiger partial charge in [0.25, 0.3) is 0 Å². The van der Waals surface area contributed by atoms with E-state index in [0.717, 1.165) is 38.1 Å². The van der Waals surface area contributed by atoms with E-state index in [2.05, 4.69) is 17.2 Å². The van der Waals surface area contributed by atoms with Crippen molar-refractivity contribution < 1.29 is 12.8 Å². The second kappa shape index (κ2) is 6.60. The Labute approximate surface area is 119 Å². The normalized spacial score (nSPS) is 18.3. The summed E-state index contributed by atoms with van der Waals surface area (Å²) in [5.74, 6) is -0.634. The summed E-state index contributed by atoms with van der Waals surface area (Å²) in [6.45, 7) is 3.97. The highest BCUT2D eigenvalue weighted by atomic mass is 32.2. The van der Waals surface area contributed by atoms with E-state index in [9.17, 15) is 12.8 Å². The van der Waals surface area contributed by atoms with Gasteiger partial charge in [-0.3, -0.25) is 4.98 Å².